The Balaban J connectivity index is 1.54. The normalized spacial score (nSPS) is 57.6. The lowest BCUT2D eigenvalue weighted by Crippen LogP contribution is -2.48. The lowest BCUT2D eigenvalue weighted by Gasteiger charge is -2.38. The van der Waals surface area contributed by atoms with Crippen LogP contribution in [-0.2, 0) is 0 Å². The van der Waals surface area contributed by atoms with Crippen molar-refractivity contribution in [1.29, 1.82) is 0 Å². The van der Waals surface area contributed by atoms with Gasteiger partial charge in [-0.05, 0) is 25.7 Å². The topological polar surface area (TPSA) is 13.0 Å². The van der Waals surface area contributed by atoms with Crippen molar-refractivity contribution in [3.8, 4) is 0 Å². The van der Waals surface area contributed by atoms with Gasteiger partial charge in [0.1, 0.15) is 0 Å². The van der Waals surface area contributed by atoms with Crippen molar-refractivity contribution in [1.82, 2.24) is 19.6 Å². The molecule has 4 nitrogen and oxygen atoms in total. The molecule has 4 heterocycles. The molecule has 0 aromatic carbocycles. The van der Waals surface area contributed by atoms with Gasteiger partial charge in [-0.3, -0.25) is 19.6 Å². The van der Waals surface area contributed by atoms with E-state index in [-0.39, 0.29) is 0 Å². The molecule has 0 N–H and O–H groups in total. The van der Waals surface area contributed by atoms with Gasteiger partial charge >= 0.3 is 0 Å². The lowest BCUT2D eigenvalue weighted by molar-refractivity contribution is 0.0502. The smallest absolute Gasteiger partial charge is 0.0537 e. The van der Waals surface area contributed by atoms with Crippen molar-refractivity contribution in [2.75, 3.05) is 26.7 Å². The monoisotopic (exact) mass is 276 g/mol. The summed E-state index contributed by atoms with van der Waals surface area (Å²) in [6.07, 6.45) is 11.6. The molecule has 0 aromatic rings. The van der Waals surface area contributed by atoms with E-state index in [1.807, 2.05) is 0 Å². The predicted molar refractivity (Wildman–Crippen MR) is 78.9 cm³/mol. The van der Waals surface area contributed by atoms with E-state index in [4.69, 9.17) is 0 Å². The maximum atomic E-state index is 2.84. The van der Waals surface area contributed by atoms with E-state index >= 15 is 0 Å². The third-order valence-corrected chi connectivity index (χ3v) is 6.72. The molecular weight excluding hydrogens is 248 g/mol. The maximum absolute atomic E-state index is 2.84. The van der Waals surface area contributed by atoms with E-state index in [1.165, 1.54) is 78.0 Å². The summed E-state index contributed by atoms with van der Waals surface area (Å²) in [7, 11) is 0. The van der Waals surface area contributed by atoms with Crippen LogP contribution >= 0.6 is 0 Å². The van der Waals surface area contributed by atoms with Gasteiger partial charge in [-0.2, -0.15) is 0 Å². The summed E-state index contributed by atoms with van der Waals surface area (Å²) >= 11 is 0. The largest absolute Gasteiger partial charge is 0.273 e. The average Bonchev–Trinajstić information content (AvgIpc) is 2.86. The van der Waals surface area contributed by atoms with Crippen molar-refractivity contribution >= 4 is 0 Å². The van der Waals surface area contributed by atoms with E-state index in [0.29, 0.717) is 0 Å². The molecule has 4 unspecified atom stereocenters. The van der Waals surface area contributed by atoms with Crippen molar-refractivity contribution < 1.29 is 0 Å². The average molecular weight is 276 g/mol. The maximum Gasteiger partial charge on any atom is 0.0537 e. The molecule has 0 radical (unpaired) electrons. The molecule has 0 aromatic heterocycles. The number of nitrogens with zero attached hydrogens (tertiary/aromatic N) is 4. The molecule has 4 aliphatic heterocycles. The van der Waals surface area contributed by atoms with Gasteiger partial charge in [0, 0.05) is 24.2 Å². The van der Waals surface area contributed by atoms with E-state index in [9.17, 15) is 0 Å². The molecule has 4 saturated heterocycles. The highest BCUT2D eigenvalue weighted by atomic mass is 15.6. The molecule has 0 amide bonds. The number of rotatable bonds is 0. The van der Waals surface area contributed by atoms with Crippen molar-refractivity contribution in [3.05, 3.63) is 0 Å². The molecule has 4 bridgehead atoms. The Bertz CT molecular complexity index is 307. The Morgan fingerprint density at radius 1 is 0.400 bits per heavy atom. The summed E-state index contributed by atoms with van der Waals surface area (Å²) in [5.74, 6) is 0. The first kappa shape index (κ1) is 12.4. The fourth-order valence-corrected chi connectivity index (χ4v) is 5.84. The predicted octanol–water partition coefficient (Wildman–Crippen LogP) is 1.69. The van der Waals surface area contributed by atoms with Crippen LogP contribution in [0.25, 0.3) is 0 Å². The van der Waals surface area contributed by atoms with Gasteiger partial charge in [-0.15, -0.1) is 0 Å². The molecule has 2 aliphatic carbocycles. The van der Waals surface area contributed by atoms with Gasteiger partial charge in [0.15, 0.2) is 0 Å². The lowest BCUT2D eigenvalue weighted by atomic mass is 9.89. The second-order valence-corrected chi connectivity index (χ2v) is 7.76. The molecule has 112 valence electrons. The highest BCUT2D eigenvalue weighted by molar-refractivity contribution is 5.02. The van der Waals surface area contributed by atoms with Crippen LogP contribution in [0.4, 0.5) is 0 Å². The van der Waals surface area contributed by atoms with Gasteiger partial charge < -0.3 is 0 Å². The van der Waals surface area contributed by atoms with E-state index in [2.05, 4.69) is 19.6 Å². The van der Waals surface area contributed by atoms with Crippen LogP contribution in [0.5, 0.6) is 0 Å². The molecule has 20 heavy (non-hydrogen) atoms. The molecular formula is C16H28N4. The Kier molecular flexibility index (Phi) is 2.89. The van der Waals surface area contributed by atoms with Crippen LogP contribution in [0.2, 0.25) is 0 Å². The van der Waals surface area contributed by atoms with Gasteiger partial charge in [-0.1, -0.05) is 25.7 Å². The first-order valence-electron chi connectivity index (χ1n) is 8.86. The zero-order valence-electron chi connectivity index (χ0n) is 12.6. The molecule has 6 aliphatic rings. The molecule has 0 spiro atoms. The second kappa shape index (κ2) is 4.67. The summed E-state index contributed by atoms with van der Waals surface area (Å²) in [4.78, 5) is 11.4. The fourth-order valence-electron chi connectivity index (χ4n) is 5.84. The Hall–Kier alpha value is -0.160. The summed E-state index contributed by atoms with van der Waals surface area (Å²) in [6, 6.07) is 3.38. The summed E-state index contributed by atoms with van der Waals surface area (Å²) in [5, 5.41) is 0. The minimum absolute atomic E-state index is 0.846. The first-order valence-corrected chi connectivity index (χ1v) is 8.86. The first-order chi connectivity index (χ1) is 9.90. The van der Waals surface area contributed by atoms with Gasteiger partial charge in [0.25, 0.3) is 0 Å². The van der Waals surface area contributed by atoms with Crippen molar-refractivity contribution in [2.45, 2.75) is 75.5 Å². The van der Waals surface area contributed by atoms with Gasteiger partial charge in [0.05, 0.1) is 26.7 Å². The Labute approximate surface area is 122 Å². The summed E-state index contributed by atoms with van der Waals surface area (Å²) in [6.45, 7) is 4.98. The van der Waals surface area contributed by atoms with Crippen LogP contribution in [0, 0.1) is 0 Å². The summed E-state index contributed by atoms with van der Waals surface area (Å²) in [5.41, 5.74) is 0. The Morgan fingerprint density at radius 2 is 0.650 bits per heavy atom. The van der Waals surface area contributed by atoms with Crippen LogP contribution < -0.4 is 0 Å². The van der Waals surface area contributed by atoms with E-state index < -0.39 is 0 Å². The fraction of sp³-hybridized carbons (Fsp3) is 1.00. The van der Waals surface area contributed by atoms with Crippen LogP contribution in [-0.4, -0.2) is 70.4 Å². The minimum atomic E-state index is 0.846. The zero-order valence-corrected chi connectivity index (χ0v) is 12.6. The van der Waals surface area contributed by atoms with Crippen LogP contribution in [0.3, 0.4) is 0 Å². The molecule has 6 rings (SSSR count). The van der Waals surface area contributed by atoms with E-state index in [1.54, 1.807) is 0 Å². The molecule has 8 atom stereocenters. The molecule has 6 fully saturated rings. The van der Waals surface area contributed by atoms with Crippen LogP contribution in [0.1, 0.15) is 51.4 Å². The van der Waals surface area contributed by atoms with E-state index in [0.717, 1.165) is 24.2 Å². The standard InChI is InChI=1S/C16H28N4/c1-2-6-14-13(5-1)17-9-19-11-18(14)12-20(10-17)16-8-4-3-7-15(16)19/h13-16H,1-12H2/t13-,14+,15-,16+. The third-order valence-electron chi connectivity index (χ3n) is 6.72. The Morgan fingerprint density at radius 3 is 0.900 bits per heavy atom. The highest BCUT2D eigenvalue weighted by Gasteiger charge is 2.49. The van der Waals surface area contributed by atoms with Crippen LogP contribution in [0.15, 0.2) is 0 Å². The molecule has 4 heteroatoms. The zero-order chi connectivity index (χ0) is 13.1. The van der Waals surface area contributed by atoms with Crippen molar-refractivity contribution in [2.24, 2.45) is 0 Å². The van der Waals surface area contributed by atoms with Gasteiger partial charge in [0.2, 0.25) is 0 Å². The quantitative estimate of drug-likeness (QED) is 0.667. The second-order valence-electron chi connectivity index (χ2n) is 7.76. The third kappa shape index (κ3) is 1.75. The van der Waals surface area contributed by atoms with Gasteiger partial charge in [-0.25, -0.2) is 0 Å². The summed E-state index contributed by atoms with van der Waals surface area (Å²) < 4.78 is 0. The SMILES string of the molecule is C1CC[C@H]2[C@@H](C1)N1CN3CN2CN(C1)[C@H]1CCCC[C@H]13. The minimum Gasteiger partial charge on any atom is -0.273 e. The highest BCUT2D eigenvalue weighted by Crippen LogP contribution is 2.39. The molecule has 2 saturated carbocycles. The van der Waals surface area contributed by atoms with Crippen molar-refractivity contribution in [3.63, 3.8) is 0 Å². The number of hydrogen-bond donors (Lipinski definition) is 0. The number of hydrogen-bond acceptors (Lipinski definition) is 4.